The molecule has 0 spiro atoms. The SMILES string of the molecule is CCOC(=O)C(C)[PH](c1ccccc1)(c1ccccc1)c1ccccc1. The first-order valence-electron chi connectivity index (χ1n) is 9.04. The molecule has 3 rings (SSSR count). The van der Waals surface area contributed by atoms with Crippen LogP contribution in [0.2, 0.25) is 0 Å². The second kappa shape index (κ2) is 8.29. The number of benzene rings is 3. The van der Waals surface area contributed by atoms with Crippen molar-refractivity contribution in [1.82, 2.24) is 0 Å². The molecular weight excluding hydrogens is 339 g/mol. The predicted molar refractivity (Wildman–Crippen MR) is 113 cm³/mol. The number of carbonyl (C=O) groups is 1. The molecule has 0 N–H and O–H groups in total. The van der Waals surface area contributed by atoms with Crippen LogP contribution in [-0.2, 0) is 9.53 Å². The first kappa shape index (κ1) is 18.4. The molecule has 0 radical (unpaired) electrons. The summed E-state index contributed by atoms with van der Waals surface area (Å²) < 4.78 is 5.47. The van der Waals surface area contributed by atoms with E-state index in [1.54, 1.807) is 0 Å². The standard InChI is InChI=1S/C23H25O2P/c1-3-25-23(24)19(2)26(20-13-7-4-8-14-20,21-15-9-5-10-16-21)22-17-11-6-12-18-22/h4-19,26H,3H2,1-2H3. The Morgan fingerprint density at radius 3 is 1.42 bits per heavy atom. The molecule has 0 saturated carbocycles. The molecule has 3 heteroatoms. The van der Waals surface area contributed by atoms with Crippen molar-refractivity contribution in [3.05, 3.63) is 91.0 Å². The third-order valence-corrected chi connectivity index (χ3v) is 10.2. The van der Waals surface area contributed by atoms with E-state index in [1.807, 2.05) is 32.0 Å². The molecule has 0 fully saturated rings. The van der Waals surface area contributed by atoms with E-state index in [4.69, 9.17) is 4.74 Å². The summed E-state index contributed by atoms with van der Waals surface area (Å²) in [6.45, 7) is 4.28. The van der Waals surface area contributed by atoms with Gasteiger partial charge < -0.3 is 0 Å². The van der Waals surface area contributed by atoms with Crippen LogP contribution in [0.15, 0.2) is 91.0 Å². The number of esters is 1. The van der Waals surface area contributed by atoms with Gasteiger partial charge in [-0.3, -0.25) is 0 Å². The number of hydrogen-bond acceptors (Lipinski definition) is 2. The van der Waals surface area contributed by atoms with E-state index in [0.717, 1.165) is 0 Å². The fraction of sp³-hybridized carbons (Fsp3) is 0.174. The van der Waals surface area contributed by atoms with E-state index in [1.165, 1.54) is 15.9 Å². The molecule has 2 nitrogen and oxygen atoms in total. The summed E-state index contributed by atoms with van der Waals surface area (Å²) in [4.78, 5) is 12.9. The van der Waals surface area contributed by atoms with E-state index in [0.29, 0.717) is 6.61 Å². The Balaban J connectivity index is 2.33. The minimum absolute atomic E-state index is 0.129. The van der Waals surface area contributed by atoms with E-state index in [-0.39, 0.29) is 11.6 Å². The molecule has 0 aromatic heterocycles. The van der Waals surface area contributed by atoms with Crippen LogP contribution in [0.4, 0.5) is 0 Å². The van der Waals surface area contributed by atoms with Crippen LogP contribution in [0.5, 0.6) is 0 Å². The molecule has 134 valence electrons. The number of carbonyl (C=O) groups excluding carboxylic acids is 1. The van der Waals surface area contributed by atoms with Crippen LogP contribution >= 0.6 is 7.26 Å². The molecule has 0 heterocycles. The summed E-state index contributed by atoms with van der Waals surface area (Å²) >= 11 is 0. The van der Waals surface area contributed by atoms with Gasteiger partial charge in [-0.25, -0.2) is 0 Å². The summed E-state index contributed by atoms with van der Waals surface area (Å²) in [6.07, 6.45) is 0. The van der Waals surface area contributed by atoms with Crippen LogP contribution in [0.25, 0.3) is 0 Å². The normalized spacial score (nSPS) is 13.0. The molecule has 26 heavy (non-hydrogen) atoms. The second-order valence-corrected chi connectivity index (χ2v) is 10.6. The molecule has 1 atom stereocenters. The van der Waals surface area contributed by atoms with Gasteiger partial charge >= 0.3 is 156 Å². The monoisotopic (exact) mass is 364 g/mol. The van der Waals surface area contributed by atoms with Crippen LogP contribution in [0, 0.1) is 0 Å². The van der Waals surface area contributed by atoms with Crippen molar-refractivity contribution in [2.45, 2.75) is 19.5 Å². The summed E-state index contributed by atoms with van der Waals surface area (Å²) in [5, 5.41) is 3.66. The van der Waals surface area contributed by atoms with Gasteiger partial charge in [-0.2, -0.15) is 0 Å². The maximum atomic E-state index is 12.9. The Morgan fingerprint density at radius 1 is 0.769 bits per heavy atom. The quantitative estimate of drug-likeness (QED) is 0.493. The topological polar surface area (TPSA) is 26.3 Å². The van der Waals surface area contributed by atoms with Crippen molar-refractivity contribution in [2.24, 2.45) is 0 Å². The summed E-state index contributed by atoms with van der Waals surface area (Å²) in [7, 11) is -2.60. The van der Waals surface area contributed by atoms with Gasteiger partial charge in [-0.15, -0.1) is 0 Å². The second-order valence-electron chi connectivity index (χ2n) is 6.38. The van der Waals surface area contributed by atoms with E-state index in [2.05, 4.69) is 72.8 Å². The van der Waals surface area contributed by atoms with Crippen LogP contribution < -0.4 is 15.9 Å². The van der Waals surface area contributed by atoms with E-state index < -0.39 is 7.26 Å². The Bertz CT molecular complexity index is 735. The predicted octanol–water partition coefficient (Wildman–Crippen LogP) is 3.66. The van der Waals surface area contributed by atoms with Crippen molar-refractivity contribution in [2.75, 3.05) is 6.61 Å². The molecule has 0 aliphatic carbocycles. The summed E-state index contributed by atoms with van der Waals surface area (Å²) in [6, 6.07) is 31.3. The van der Waals surface area contributed by atoms with Crippen molar-refractivity contribution >= 4 is 29.1 Å². The molecule has 3 aromatic rings. The minimum atomic E-state index is -2.60. The zero-order valence-corrected chi connectivity index (χ0v) is 16.3. The fourth-order valence-corrected chi connectivity index (χ4v) is 8.89. The summed E-state index contributed by atoms with van der Waals surface area (Å²) in [5.74, 6) is -0.129. The van der Waals surface area contributed by atoms with Crippen LogP contribution in [0.3, 0.4) is 0 Å². The molecule has 0 aliphatic heterocycles. The van der Waals surface area contributed by atoms with E-state index >= 15 is 0 Å². The first-order chi connectivity index (χ1) is 12.7. The van der Waals surface area contributed by atoms with Crippen molar-refractivity contribution in [3.63, 3.8) is 0 Å². The first-order valence-corrected chi connectivity index (χ1v) is 11.1. The average molecular weight is 364 g/mol. The third kappa shape index (κ3) is 3.30. The van der Waals surface area contributed by atoms with Crippen LogP contribution in [-0.4, -0.2) is 18.2 Å². The van der Waals surface area contributed by atoms with Gasteiger partial charge in [0.25, 0.3) is 0 Å². The molecule has 0 saturated heterocycles. The molecule has 0 aliphatic rings. The van der Waals surface area contributed by atoms with Crippen molar-refractivity contribution in [3.8, 4) is 0 Å². The maximum absolute atomic E-state index is 12.9. The Kier molecular flexibility index (Phi) is 5.85. The molecule has 1 unspecified atom stereocenters. The fourth-order valence-electron chi connectivity index (χ4n) is 3.80. The third-order valence-electron chi connectivity index (χ3n) is 4.98. The zero-order valence-electron chi connectivity index (χ0n) is 15.3. The Labute approximate surface area is 156 Å². The summed E-state index contributed by atoms with van der Waals surface area (Å²) in [5.41, 5.74) is -0.241. The van der Waals surface area contributed by atoms with E-state index in [9.17, 15) is 4.79 Å². The zero-order chi connectivity index (χ0) is 18.4. The van der Waals surface area contributed by atoms with Gasteiger partial charge in [0, 0.05) is 0 Å². The molecule has 3 aromatic carbocycles. The Morgan fingerprint density at radius 2 is 1.12 bits per heavy atom. The average Bonchev–Trinajstić information content (AvgIpc) is 2.71. The molecular formula is C23H25O2P. The number of hydrogen-bond donors (Lipinski definition) is 0. The molecule has 0 amide bonds. The van der Waals surface area contributed by atoms with Gasteiger partial charge in [0.2, 0.25) is 0 Å². The van der Waals surface area contributed by atoms with Gasteiger partial charge in [-0.05, 0) is 0 Å². The molecule has 0 bridgehead atoms. The van der Waals surface area contributed by atoms with Crippen molar-refractivity contribution in [1.29, 1.82) is 0 Å². The van der Waals surface area contributed by atoms with Gasteiger partial charge in [0.05, 0.1) is 0 Å². The Hall–Kier alpha value is -2.44. The number of rotatable bonds is 6. The number of ether oxygens (including phenoxy) is 1. The van der Waals surface area contributed by atoms with Crippen LogP contribution in [0.1, 0.15) is 13.8 Å². The van der Waals surface area contributed by atoms with Crippen molar-refractivity contribution < 1.29 is 9.53 Å². The van der Waals surface area contributed by atoms with Gasteiger partial charge in [0.1, 0.15) is 0 Å². The van der Waals surface area contributed by atoms with Gasteiger partial charge in [0.15, 0.2) is 0 Å². The van der Waals surface area contributed by atoms with Gasteiger partial charge in [-0.1, -0.05) is 0 Å².